The van der Waals surface area contributed by atoms with Gasteiger partial charge >= 0.3 is 6.03 Å². The number of allylic oxidation sites excluding steroid dienone is 2. The third-order valence-corrected chi connectivity index (χ3v) is 6.66. The summed E-state index contributed by atoms with van der Waals surface area (Å²) < 4.78 is 11.3. The fourth-order valence-corrected chi connectivity index (χ4v) is 4.84. The first-order valence-corrected chi connectivity index (χ1v) is 11.1. The maximum atomic E-state index is 12.9. The second-order valence-corrected chi connectivity index (χ2v) is 9.11. The third-order valence-electron chi connectivity index (χ3n) is 6.66. The van der Waals surface area contributed by atoms with Crippen molar-refractivity contribution in [3.8, 4) is 5.75 Å². The van der Waals surface area contributed by atoms with Crippen LogP contribution in [0.25, 0.3) is 0 Å². The third kappa shape index (κ3) is 5.13. The largest absolute Gasteiger partial charge is 0.493 e. The van der Waals surface area contributed by atoms with Gasteiger partial charge in [0.1, 0.15) is 5.75 Å². The van der Waals surface area contributed by atoms with E-state index >= 15 is 0 Å². The van der Waals surface area contributed by atoms with Gasteiger partial charge in [0, 0.05) is 31.5 Å². The quantitative estimate of drug-likeness (QED) is 0.662. The SMILES string of the molecule is CC(C)N(C[C@H]1C[C@H]2C=C[C@H]1C2)C(=O)Nc1ccc(OCC2CCOCC2)cc1. The van der Waals surface area contributed by atoms with Crippen LogP contribution in [0.1, 0.15) is 39.5 Å². The summed E-state index contributed by atoms with van der Waals surface area (Å²) in [5, 5.41) is 3.07. The highest BCUT2D eigenvalue weighted by atomic mass is 16.5. The molecule has 5 heteroatoms. The van der Waals surface area contributed by atoms with Crippen molar-refractivity contribution in [3.05, 3.63) is 36.4 Å². The van der Waals surface area contributed by atoms with Crippen LogP contribution in [0.4, 0.5) is 10.5 Å². The average molecular weight is 399 g/mol. The molecule has 0 spiro atoms. The second kappa shape index (κ2) is 9.21. The van der Waals surface area contributed by atoms with E-state index in [1.807, 2.05) is 29.2 Å². The van der Waals surface area contributed by atoms with Gasteiger partial charge in [0.2, 0.25) is 0 Å². The number of fused-ring (bicyclic) bond motifs is 2. The molecule has 0 unspecified atom stereocenters. The van der Waals surface area contributed by atoms with Crippen molar-refractivity contribution in [2.75, 3.05) is 31.7 Å². The topological polar surface area (TPSA) is 50.8 Å². The van der Waals surface area contributed by atoms with Crippen LogP contribution in [0.5, 0.6) is 5.75 Å². The minimum Gasteiger partial charge on any atom is -0.493 e. The number of nitrogens with one attached hydrogen (secondary N) is 1. The number of benzene rings is 1. The van der Waals surface area contributed by atoms with Gasteiger partial charge in [-0.1, -0.05) is 12.2 Å². The molecule has 1 aromatic carbocycles. The van der Waals surface area contributed by atoms with E-state index in [-0.39, 0.29) is 12.1 Å². The first kappa shape index (κ1) is 20.3. The Balaban J connectivity index is 1.28. The lowest BCUT2D eigenvalue weighted by Gasteiger charge is -2.31. The molecule has 2 bridgehead atoms. The van der Waals surface area contributed by atoms with Crippen LogP contribution < -0.4 is 10.1 Å². The Bertz CT molecular complexity index is 709. The number of nitrogens with zero attached hydrogens (tertiary/aromatic N) is 1. The lowest BCUT2D eigenvalue weighted by molar-refractivity contribution is 0.0497. The Kier molecular flexibility index (Phi) is 6.43. The van der Waals surface area contributed by atoms with Crippen LogP contribution in [-0.4, -0.2) is 43.3 Å². The molecule has 158 valence electrons. The monoisotopic (exact) mass is 398 g/mol. The molecule has 0 aromatic heterocycles. The Labute approximate surface area is 174 Å². The van der Waals surface area contributed by atoms with Crippen molar-refractivity contribution in [2.45, 2.75) is 45.6 Å². The zero-order valence-corrected chi connectivity index (χ0v) is 17.7. The van der Waals surface area contributed by atoms with Gasteiger partial charge in [-0.15, -0.1) is 0 Å². The van der Waals surface area contributed by atoms with E-state index < -0.39 is 0 Å². The van der Waals surface area contributed by atoms with Crippen molar-refractivity contribution < 1.29 is 14.3 Å². The van der Waals surface area contributed by atoms with Gasteiger partial charge in [0.25, 0.3) is 0 Å². The number of rotatable bonds is 7. The minimum atomic E-state index is -0.0115. The van der Waals surface area contributed by atoms with Crippen LogP contribution in [0, 0.1) is 23.7 Å². The molecular formula is C24H34N2O3. The molecule has 29 heavy (non-hydrogen) atoms. The highest BCUT2D eigenvalue weighted by Crippen LogP contribution is 2.43. The van der Waals surface area contributed by atoms with E-state index in [0.717, 1.165) is 56.6 Å². The normalized spacial score (nSPS) is 26.1. The van der Waals surface area contributed by atoms with Crippen LogP contribution in [0.3, 0.4) is 0 Å². The van der Waals surface area contributed by atoms with Crippen molar-refractivity contribution >= 4 is 11.7 Å². The molecule has 1 heterocycles. The molecule has 5 nitrogen and oxygen atoms in total. The van der Waals surface area contributed by atoms with Crippen LogP contribution in [0.15, 0.2) is 36.4 Å². The Morgan fingerprint density at radius 2 is 1.93 bits per heavy atom. The molecule has 3 atom stereocenters. The van der Waals surface area contributed by atoms with Crippen LogP contribution in [0.2, 0.25) is 0 Å². The summed E-state index contributed by atoms with van der Waals surface area (Å²) in [7, 11) is 0. The number of carbonyl (C=O) groups is 1. The zero-order chi connectivity index (χ0) is 20.2. The summed E-state index contributed by atoms with van der Waals surface area (Å²) in [4.78, 5) is 14.9. The highest BCUT2D eigenvalue weighted by Gasteiger charge is 2.37. The van der Waals surface area contributed by atoms with Crippen molar-refractivity contribution in [3.63, 3.8) is 0 Å². The van der Waals surface area contributed by atoms with E-state index in [1.54, 1.807) is 0 Å². The van der Waals surface area contributed by atoms with Gasteiger partial charge in [0.05, 0.1) is 6.61 Å². The standard InChI is InChI=1S/C24H34N2O3/c1-17(2)26(15-21-14-19-3-4-20(21)13-19)24(27)25-22-5-7-23(8-6-22)29-16-18-9-11-28-12-10-18/h3-8,17-21H,9-16H2,1-2H3,(H,25,27)/t19-,20-,21+/m0/s1. The lowest BCUT2D eigenvalue weighted by Crippen LogP contribution is -2.43. The van der Waals surface area contributed by atoms with Gasteiger partial charge in [-0.3, -0.25) is 0 Å². The van der Waals surface area contributed by atoms with Crippen molar-refractivity contribution in [2.24, 2.45) is 23.7 Å². The molecule has 2 amide bonds. The fraction of sp³-hybridized carbons (Fsp3) is 0.625. The molecule has 1 saturated carbocycles. The van der Waals surface area contributed by atoms with E-state index in [0.29, 0.717) is 17.8 Å². The molecule has 0 radical (unpaired) electrons. The maximum absolute atomic E-state index is 12.9. The van der Waals surface area contributed by atoms with E-state index in [4.69, 9.17) is 9.47 Å². The summed E-state index contributed by atoms with van der Waals surface area (Å²) in [5.74, 6) is 3.41. The Morgan fingerprint density at radius 3 is 2.55 bits per heavy atom. The van der Waals surface area contributed by atoms with E-state index in [2.05, 4.69) is 31.3 Å². The number of hydrogen-bond donors (Lipinski definition) is 1. The Hall–Kier alpha value is -2.01. The summed E-state index contributed by atoms with van der Waals surface area (Å²) in [6.45, 7) is 7.43. The first-order chi connectivity index (χ1) is 14.1. The molecule has 3 aliphatic rings. The fourth-order valence-electron chi connectivity index (χ4n) is 4.84. The highest BCUT2D eigenvalue weighted by molar-refractivity contribution is 5.89. The summed E-state index contributed by atoms with van der Waals surface area (Å²) in [6.07, 6.45) is 9.33. The van der Waals surface area contributed by atoms with Crippen LogP contribution in [-0.2, 0) is 4.74 Å². The number of carbonyl (C=O) groups excluding carboxylic acids is 1. The summed E-state index contributed by atoms with van der Waals surface area (Å²) in [6, 6.07) is 7.90. The first-order valence-electron chi connectivity index (χ1n) is 11.1. The number of anilines is 1. The predicted octanol–water partition coefficient (Wildman–Crippen LogP) is 4.95. The number of urea groups is 1. The van der Waals surface area contributed by atoms with Gasteiger partial charge in [0.15, 0.2) is 0 Å². The number of hydrogen-bond acceptors (Lipinski definition) is 3. The van der Waals surface area contributed by atoms with Crippen molar-refractivity contribution in [1.29, 1.82) is 0 Å². The molecular weight excluding hydrogens is 364 g/mol. The lowest BCUT2D eigenvalue weighted by atomic mass is 9.93. The van der Waals surface area contributed by atoms with Crippen LogP contribution >= 0.6 is 0 Å². The zero-order valence-electron chi connectivity index (χ0n) is 17.7. The van der Waals surface area contributed by atoms with Gasteiger partial charge in [-0.05, 0) is 87.5 Å². The molecule has 1 aliphatic heterocycles. The summed E-state index contributed by atoms with van der Waals surface area (Å²) >= 11 is 0. The van der Waals surface area contributed by atoms with Gasteiger partial charge < -0.3 is 19.7 Å². The van der Waals surface area contributed by atoms with E-state index in [1.165, 1.54) is 12.8 Å². The second-order valence-electron chi connectivity index (χ2n) is 9.11. The van der Waals surface area contributed by atoms with E-state index in [9.17, 15) is 4.79 Å². The molecule has 1 saturated heterocycles. The smallest absolute Gasteiger partial charge is 0.322 e. The predicted molar refractivity (Wildman–Crippen MR) is 115 cm³/mol. The average Bonchev–Trinajstić information content (AvgIpc) is 3.35. The minimum absolute atomic E-state index is 0.0115. The van der Waals surface area contributed by atoms with Gasteiger partial charge in [-0.2, -0.15) is 0 Å². The molecule has 1 N–H and O–H groups in total. The van der Waals surface area contributed by atoms with Crippen molar-refractivity contribution in [1.82, 2.24) is 4.90 Å². The Morgan fingerprint density at radius 1 is 1.17 bits per heavy atom. The summed E-state index contributed by atoms with van der Waals surface area (Å²) in [5.41, 5.74) is 0.812. The molecule has 2 aliphatic carbocycles. The van der Waals surface area contributed by atoms with Gasteiger partial charge in [-0.25, -0.2) is 4.79 Å². The molecule has 4 rings (SSSR count). The number of ether oxygens (including phenoxy) is 2. The molecule has 2 fully saturated rings. The number of amides is 2. The molecule has 1 aromatic rings. The maximum Gasteiger partial charge on any atom is 0.322 e.